The Morgan fingerprint density at radius 3 is 2.59 bits per heavy atom. The van der Waals surface area contributed by atoms with Crippen LogP contribution in [-0.4, -0.2) is 40.1 Å². The van der Waals surface area contributed by atoms with Crippen LogP contribution in [0.4, 0.5) is 5.69 Å². The predicted molar refractivity (Wildman–Crippen MR) is 129 cm³/mol. The monoisotopic (exact) mass is 520 g/mol. The topological polar surface area (TPSA) is 108 Å². The molecule has 2 N–H and O–H groups in total. The summed E-state index contributed by atoms with van der Waals surface area (Å²) in [6, 6.07) is 15.5. The van der Waals surface area contributed by atoms with Crippen molar-refractivity contribution >= 4 is 45.2 Å². The summed E-state index contributed by atoms with van der Waals surface area (Å²) in [5.41, 5.74) is 2.65. The molecular weight excluding hydrogens is 500 g/mol. The Bertz CT molecular complexity index is 1260. The molecule has 1 aromatic heterocycles. The van der Waals surface area contributed by atoms with Gasteiger partial charge in [-0.25, -0.2) is 0 Å². The minimum atomic E-state index is -0.345. The molecule has 4 amide bonds. The van der Waals surface area contributed by atoms with Crippen LogP contribution in [0.1, 0.15) is 49.5 Å². The smallest absolute Gasteiger partial charge is 0.261 e. The van der Waals surface area contributed by atoms with Crippen LogP contribution in [0.25, 0.3) is 0 Å². The first-order valence-electron chi connectivity index (χ1n) is 10.6. The number of carbonyl (C=O) groups is 4. The largest absolute Gasteiger partial charge is 0.348 e. The standard InChI is InChI=1S/C25H21BrN4O4/c26-18-8-9-20-21(13-18)25(34)30(24(20)33)11-3-7-22(31)29-19-6-1-4-16(12-19)14-28-23(32)17-5-2-10-27-15-17/h1-2,4-6,8-10,12-13,15H,3,7,11,14H2,(H,28,32)(H,29,31). The molecule has 0 fully saturated rings. The summed E-state index contributed by atoms with van der Waals surface area (Å²) in [7, 11) is 0. The number of anilines is 1. The number of halogens is 1. The SMILES string of the molecule is O=C(CCCN1C(=O)c2ccc(Br)cc2C1=O)Nc1cccc(CNC(=O)c2cccnc2)c1. The first-order valence-corrected chi connectivity index (χ1v) is 11.4. The first-order chi connectivity index (χ1) is 16.4. The summed E-state index contributed by atoms with van der Waals surface area (Å²) < 4.78 is 0.729. The van der Waals surface area contributed by atoms with Gasteiger partial charge in [-0.15, -0.1) is 0 Å². The van der Waals surface area contributed by atoms with Gasteiger partial charge in [0, 0.05) is 42.1 Å². The van der Waals surface area contributed by atoms with Crippen molar-refractivity contribution < 1.29 is 19.2 Å². The van der Waals surface area contributed by atoms with Crippen molar-refractivity contribution in [3.05, 3.63) is 93.7 Å². The van der Waals surface area contributed by atoms with E-state index in [0.717, 1.165) is 10.0 Å². The maximum Gasteiger partial charge on any atom is 0.261 e. The predicted octanol–water partition coefficient (Wildman–Crippen LogP) is 3.79. The highest BCUT2D eigenvalue weighted by Crippen LogP contribution is 2.26. The fourth-order valence-corrected chi connectivity index (χ4v) is 3.99. The molecule has 8 nitrogen and oxygen atoms in total. The fourth-order valence-electron chi connectivity index (χ4n) is 3.63. The molecule has 0 spiro atoms. The molecule has 1 aliphatic rings. The van der Waals surface area contributed by atoms with E-state index < -0.39 is 0 Å². The lowest BCUT2D eigenvalue weighted by atomic mass is 10.1. The second-order valence-corrected chi connectivity index (χ2v) is 8.64. The van der Waals surface area contributed by atoms with Gasteiger partial charge >= 0.3 is 0 Å². The van der Waals surface area contributed by atoms with Crippen LogP contribution in [-0.2, 0) is 11.3 Å². The third-order valence-corrected chi connectivity index (χ3v) is 5.80. The highest BCUT2D eigenvalue weighted by Gasteiger charge is 2.35. The number of carbonyl (C=O) groups excluding carboxylic acids is 4. The fraction of sp³-hybridized carbons (Fsp3) is 0.160. The van der Waals surface area contributed by atoms with Crippen LogP contribution >= 0.6 is 15.9 Å². The van der Waals surface area contributed by atoms with Crippen LogP contribution in [0, 0.1) is 0 Å². The molecule has 0 aliphatic carbocycles. The van der Waals surface area contributed by atoms with Crippen LogP contribution in [0.2, 0.25) is 0 Å². The highest BCUT2D eigenvalue weighted by atomic mass is 79.9. The summed E-state index contributed by atoms with van der Waals surface area (Å²) in [5, 5.41) is 5.63. The number of amides is 4. The molecule has 172 valence electrons. The molecule has 2 heterocycles. The van der Waals surface area contributed by atoms with Gasteiger partial charge in [0.1, 0.15) is 0 Å². The van der Waals surface area contributed by atoms with Gasteiger partial charge in [-0.3, -0.25) is 29.1 Å². The van der Waals surface area contributed by atoms with E-state index in [9.17, 15) is 19.2 Å². The van der Waals surface area contributed by atoms with Crippen LogP contribution in [0.3, 0.4) is 0 Å². The van der Waals surface area contributed by atoms with E-state index in [1.165, 1.54) is 11.1 Å². The number of nitrogens with zero attached hydrogens (tertiary/aromatic N) is 2. The summed E-state index contributed by atoms with van der Waals surface area (Å²) >= 11 is 3.31. The molecule has 9 heteroatoms. The Morgan fingerprint density at radius 2 is 1.79 bits per heavy atom. The number of hydrogen-bond donors (Lipinski definition) is 2. The van der Waals surface area contributed by atoms with Crippen LogP contribution in [0.5, 0.6) is 0 Å². The lowest BCUT2D eigenvalue weighted by Crippen LogP contribution is -2.31. The molecule has 34 heavy (non-hydrogen) atoms. The number of aromatic nitrogens is 1. The van der Waals surface area contributed by atoms with Crippen molar-refractivity contribution in [2.24, 2.45) is 0 Å². The maximum atomic E-state index is 12.5. The van der Waals surface area contributed by atoms with E-state index in [1.54, 1.807) is 54.7 Å². The molecule has 0 atom stereocenters. The molecule has 0 unspecified atom stereocenters. The number of hydrogen-bond acceptors (Lipinski definition) is 5. The Hall–Kier alpha value is -3.85. The molecule has 4 rings (SSSR count). The Labute approximate surface area is 204 Å². The zero-order valence-electron chi connectivity index (χ0n) is 18.1. The number of rotatable bonds is 8. The minimum absolute atomic E-state index is 0.152. The molecule has 2 aromatic carbocycles. The third-order valence-electron chi connectivity index (χ3n) is 5.31. The lowest BCUT2D eigenvalue weighted by Gasteiger charge is -2.13. The van der Waals surface area contributed by atoms with Gasteiger partial charge in [-0.05, 0) is 54.4 Å². The Balaban J connectivity index is 1.26. The van der Waals surface area contributed by atoms with Gasteiger partial charge in [0.15, 0.2) is 0 Å². The summed E-state index contributed by atoms with van der Waals surface area (Å²) in [6.07, 6.45) is 3.59. The molecule has 0 saturated carbocycles. The number of fused-ring (bicyclic) bond motifs is 1. The number of pyridine rings is 1. The molecule has 0 bridgehead atoms. The second kappa shape index (κ2) is 10.4. The van der Waals surface area contributed by atoms with E-state index in [4.69, 9.17) is 0 Å². The maximum absolute atomic E-state index is 12.5. The van der Waals surface area contributed by atoms with E-state index in [1.807, 2.05) is 6.07 Å². The Morgan fingerprint density at radius 1 is 0.971 bits per heavy atom. The van der Waals surface area contributed by atoms with Crippen molar-refractivity contribution in [3.8, 4) is 0 Å². The van der Waals surface area contributed by atoms with E-state index >= 15 is 0 Å². The van der Waals surface area contributed by atoms with Crippen LogP contribution in [0.15, 0.2) is 71.5 Å². The first kappa shape index (κ1) is 23.3. The molecule has 1 aliphatic heterocycles. The zero-order valence-corrected chi connectivity index (χ0v) is 19.7. The second-order valence-electron chi connectivity index (χ2n) is 7.73. The molecule has 0 saturated heterocycles. The van der Waals surface area contributed by atoms with Gasteiger partial charge in [0.2, 0.25) is 5.91 Å². The van der Waals surface area contributed by atoms with Gasteiger partial charge < -0.3 is 10.6 Å². The average molecular weight is 521 g/mol. The minimum Gasteiger partial charge on any atom is -0.348 e. The van der Waals surface area contributed by atoms with Crippen molar-refractivity contribution in [1.29, 1.82) is 0 Å². The van der Waals surface area contributed by atoms with Gasteiger partial charge in [-0.2, -0.15) is 0 Å². The van der Waals surface area contributed by atoms with Crippen molar-refractivity contribution in [1.82, 2.24) is 15.2 Å². The number of benzene rings is 2. The summed E-state index contributed by atoms with van der Waals surface area (Å²) in [5.74, 6) is -1.14. The molecule has 0 radical (unpaired) electrons. The highest BCUT2D eigenvalue weighted by molar-refractivity contribution is 9.10. The number of imide groups is 1. The van der Waals surface area contributed by atoms with Gasteiger partial charge in [0.05, 0.1) is 16.7 Å². The molecule has 3 aromatic rings. The van der Waals surface area contributed by atoms with Crippen molar-refractivity contribution in [2.75, 3.05) is 11.9 Å². The lowest BCUT2D eigenvalue weighted by molar-refractivity contribution is -0.116. The van der Waals surface area contributed by atoms with E-state index in [-0.39, 0.29) is 36.6 Å². The molecular formula is C25H21BrN4O4. The van der Waals surface area contributed by atoms with E-state index in [0.29, 0.717) is 35.3 Å². The van der Waals surface area contributed by atoms with Gasteiger partial charge in [-0.1, -0.05) is 28.1 Å². The third kappa shape index (κ3) is 5.37. The van der Waals surface area contributed by atoms with Crippen LogP contribution < -0.4 is 10.6 Å². The zero-order chi connectivity index (χ0) is 24.1. The average Bonchev–Trinajstić information content (AvgIpc) is 3.07. The quantitative estimate of drug-likeness (QED) is 0.439. The van der Waals surface area contributed by atoms with Gasteiger partial charge in [0.25, 0.3) is 17.7 Å². The van der Waals surface area contributed by atoms with Crippen molar-refractivity contribution in [2.45, 2.75) is 19.4 Å². The Kier molecular flexibility index (Phi) is 7.12. The summed E-state index contributed by atoms with van der Waals surface area (Å²) in [4.78, 5) is 54.7. The van der Waals surface area contributed by atoms with E-state index in [2.05, 4.69) is 31.5 Å². The van der Waals surface area contributed by atoms with Crippen molar-refractivity contribution in [3.63, 3.8) is 0 Å². The summed E-state index contributed by atoms with van der Waals surface area (Å²) in [6.45, 7) is 0.463. The normalized spacial score (nSPS) is 12.4. The number of nitrogens with one attached hydrogen (secondary N) is 2.